The number of hydrogen-bond acceptors (Lipinski definition) is 4. The van der Waals surface area contributed by atoms with Crippen LogP contribution in [0.2, 0.25) is 0 Å². The van der Waals surface area contributed by atoms with E-state index >= 15 is 0 Å². The van der Waals surface area contributed by atoms with Gasteiger partial charge in [0.2, 0.25) is 5.91 Å². The lowest BCUT2D eigenvalue weighted by Gasteiger charge is -2.29. The quantitative estimate of drug-likeness (QED) is 0.856. The Balaban J connectivity index is 1.60. The van der Waals surface area contributed by atoms with Gasteiger partial charge in [0.1, 0.15) is 0 Å². The van der Waals surface area contributed by atoms with Crippen molar-refractivity contribution in [1.29, 1.82) is 0 Å². The van der Waals surface area contributed by atoms with E-state index in [2.05, 4.69) is 37.1 Å². The van der Waals surface area contributed by atoms with Crippen LogP contribution in [0.1, 0.15) is 52.5 Å². The summed E-state index contributed by atoms with van der Waals surface area (Å²) in [7, 11) is 0. The van der Waals surface area contributed by atoms with Crippen LogP contribution in [-0.2, 0) is 16.1 Å². The minimum atomic E-state index is -0.362. The first-order valence-corrected chi connectivity index (χ1v) is 9.16. The van der Waals surface area contributed by atoms with Crippen molar-refractivity contribution in [1.82, 2.24) is 10.3 Å². The molecule has 2 saturated heterocycles. The Labute approximate surface area is 142 Å². The Hall–Kier alpha value is -1.07. The summed E-state index contributed by atoms with van der Waals surface area (Å²) in [5.41, 5.74) is 0.728. The molecule has 4 nitrogen and oxygen atoms in total. The Bertz CT molecular complexity index is 599. The van der Waals surface area contributed by atoms with Crippen molar-refractivity contribution in [2.24, 2.45) is 5.41 Å². The van der Waals surface area contributed by atoms with E-state index in [1.165, 1.54) is 0 Å². The number of ether oxygens (including phenoxy) is 1. The molecule has 1 aromatic heterocycles. The molecule has 0 saturated carbocycles. The highest BCUT2D eigenvalue weighted by atomic mass is 32.2. The zero-order chi connectivity index (χ0) is 16.7. The molecule has 126 valence electrons. The van der Waals surface area contributed by atoms with E-state index in [4.69, 9.17) is 4.74 Å². The average molecular weight is 334 g/mol. The molecule has 2 bridgehead atoms. The molecule has 1 amide bonds. The smallest absolute Gasteiger partial charge is 0.228 e. The molecule has 3 rings (SSSR count). The maximum atomic E-state index is 12.6. The number of carbonyl (C=O) groups is 1. The lowest BCUT2D eigenvalue weighted by Crippen LogP contribution is -2.44. The predicted octanol–water partition coefficient (Wildman–Crippen LogP) is 3.55. The third kappa shape index (κ3) is 3.72. The third-order valence-corrected chi connectivity index (χ3v) is 5.70. The molecule has 3 heterocycles. The fourth-order valence-corrected chi connectivity index (χ4v) is 4.43. The molecule has 0 aliphatic carbocycles. The van der Waals surface area contributed by atoms with E-state index in [1.807, 2.05) is 19.2 Å². The minimum Gasteiger partial charge on any atom is -0.374 e. The van der Waals surface area contributed by atoms with Gasteiger partial charge >= 0.3 is 0 Å². The molecule has 23 heavy (non-hydrogen) atoms. The fourth-order valence-electron chi connectivity index (χ4n) is 3.48. The van der Waals surface area contributed by atoms with Crippen LogP contribution < -0.4 is 5.32 Å². The largest absolute Gasteiger partial charge is 0.374 e. The van der Waals surface area contributed by atoms with Gasteiger partial charge in [-0.25, -0.2) is 4.98 Å². The Kier molecular flexibility index (Phi) is 4.45. The van der Waals surface area contributed by atoms with Gasteiger partial charge in [0.15, 0.2) is 0 Å². The van der Waals surface area contributed by atoms with Gasteiger partial charge in [-0.3, -0.25) is 4.79 Å². The second-order valence-corrected chi connectivity index (χ2v) is 9.69. The maximum absolute atomic E-state index is 12.6. The van der Waals surface area contributed by atoms with Crippen molar-refractivity contribution < 1.29 is 9.53 Å². The van der Waals surface area contributed by atoms with Crippen LogP contribution >= 0.6 is 11.8 Å². The van der Waals surface area contributed by atoms with Crippen LogP contribution in [0.5, 0.6) is 0 Å². The van der Waals surface area contributed by atoms with Crippen LogP contribution in [0, 0.1) is 5.41 Å². The molecule has 2 aliphatic rings. The molecule has 0 radical (unpaired) electrons. The van der Waals surface area contributed by atoms with Gasteiger partial charge in [0.05, 0.1) is 22.6 Å². The first-order chi connectivity index (χ1) is 10.8. The predicted molar refractivity (Wildman–Crippen MR) is 92.3 cm³/mol. The number of nitrogens with zero attached hydrogens (tertiary/aromatic N) is 1. The fraction of sp³-hybridized carbons (Fsp3) is 0.667. The summed E-state index contributed by atoms with van der Waals surface area (Å²) in [5.74, 6) is 0.117. The zero-order valence-electron chi connectivity index (χ0n) is 14.4. The maximum Gasteiger partial charge on any atom is 0.228 e. The lowest BCUT2D eigenvalue weighted by molar-refractivity contribution is -0.133. The van der Waals surface area contributed by atoms with Crippen LogP contribution in [-0.4, -0.2) is 27.8 Å². The first kappa shape index (κ1) is 16.8. The highest BCUT2D eigenvalue weighted by Gasteiger charge is 2.53. The van der Waals surface area contributed by atoms with Crippen LogP contribution in [0.25, 0.3) is 0 Å². The van der Waals surface area contributed by atoms with Crippen LogP contribution in [0.4, 0.5) is 0 Å². The molecule has 0 spiro atoms. The van der Waals surface area contributed by atoms with Crippen molar-refractivity contribution in [3.63, 3.8) is 0 Å². The summed E-state index contributed by atoms with van der Waals surface area (Å²) in [6, 6.07) is 4.03. The van der Waals surface area contributed by atoms with Crippen LogP contribution in [0.3, 0.4) is 0 Å². The molecule has 1 N–H and O–H groups in total. The molecular formula is C18H26N2O2S. The van der Waals surface area contributed by atoms with Gasteiger partial charge in [-0.1, -0.05) is 20.8 Å². The standard InChI is InChI=1S/C18H26N2O2S/c1-17(2,3)23-15-9-12(7-8-19-15)11-20-16(21)18(4)10-13-5-6-14(18)22-13/h7-9,13-14H,5-6,10-11H2,1-4H3,(H,20,21)/t13-,14-,18-/m1/s1. The van der Waals surface area contributed by atoms with Crippen molar-refractivity contribution in [3.8, 4) is 0 Å². The van der Waals surface area contributed by atoms with Crippen molar-refractivity contribution in [2.75, 3.05) is 0 Å². The lowest BCUT2D eigenvalue weighted by atomic mass is 9.75. The van der Waals surface area contributed by atoms with Gasteiger partial charge in [0, 0.05) is 17.5 Å². The molecule has 1 aromatic rings. The number of nitrogens with one attached hydrogen (secondary N) is 1. The number of fused-ring (bicyclic) bond motifs is 2. The van der Waals surface area contributed by atoms with E-state index < -0.39 is 0 Å². The molecule has 5 heteroatoms. The van der Waals surface area contributed by atoms with Gasteiger partial charge in [-0.2, -0.15) is 0 Å². The Morgan fingerprint density at radius 2 is 2.26 bits per heavy atom. The van der Waals surface area contributed by atoms with E-state index in [-0.39, 0.29) is 28.3 Å². The van der Waals surface area contributed by atoms with E-state index in [0.717, 1.165) is 29.9 Å². The number of amides is 1. The average Bonchev–Trinajstić information content (AvgIpc) is 3.04. The normalized spacial score (nSPS) is 29.7. The summed E-state index contributed by atoms with van der Waals surface area (Å²) in [4.78, 5) is 17.0. The van der Waals surface area contributed by atoms with Crippen molar-refractivity contribution in [2.45, 2.75) is 75.5 Å². The highest BCUT2D eigenvalue weighted by molar-refractivity contribution is 8.00. The minimum absolute atomic E-state index is 0.0944. The Morgan fingerprint density at radius 1 is 1.48 bits per heavy atom. The van der Waals surface area contributed by atoms with E-state index in [9.17, 15) is 4.79 Å². The van der Waals surface area contributed by atoms with Gasteiger partial charge in [0.25, 0.3) is 0 Å². The molecule has 3 atom stereocenters. The second-order valence-electron chi connectivity index (χ2n) is 7.85. The summed E-state index contributed by atoms with van der Waals surface area (Å²) in [6.07, 6.45) is 5.16. The summed E-state index contributed by atoms with van der Waals surface area (Å²) >= 11 is 1.74. The van der Waals surface area contributed by atoms with Crippen molar-refractivity contribution >= 4 is 17.7 Å². The summed E-state index contributed by atoms with van der Waals surface area (Å²) in [6.45, 7) is 9.10. The Morgan fingerprint density at radius 3 is 2.87 bits per heavy atom. The van der Waals surface area contributed by atoms with E-state index in [1.54, 1.807) is 11.8 Å². The van der Waals surface area contributed by atoms with Crippen molar-refractivity contribution in [3.05, 3.63) is 23.9 Å². The number of carbonyl (C=O) groups excluding carboxylic acids is 1. The van der Waals surface area contributed by atoms with Crippen LogP contribution in [0.15, 0.2) is 23.4 Å². The van der Waals surface area contributed by atoms with E-state index in [0.29, 0.717) is 6.54 Å². The van der Waals surface area contributed by atoms with Gasteiger partial charge in [-0.05, 0) is 43.9 Å². The first-order valence-electron chi connectivity index (χ1n) is 8.34. The molecule has 0 aromatic carbocycles. The number of hydrogen-bond donors (Lipinski definition) is 1. The third-order valence-electron chi connectivity index (χ3n) is 4.65. The number of rotatable bonds is 4. The number of pyridine rings is 1. The second kappa shape index (κ2) is 6.10. The monoisotopic (exact) mass is 334 g/mol. The highest BCUT2D eigenvalue weighted by Crippen LogP contribution is 2.47. The topological polar surface area (TPSA) is 51.2 Å². The zero-order valence-corrected chi connectivity index (χ0v) is 15.2. The molecule has 2 fully saturated rings. The SMILES string of the molecule is CC(C)(C)Sc1cc(CNC(=O)[C@]2(C)C[C@H]3CC[C@H]2O3)ccn1. The molecule has 2 aliphatic heterocycles. The van der Waals surface area contributed by atoms with Gasteiger partial charge in [-0.15, -0.1) is 11.8 Å². The number of aromatic nitrogens is 1. The number of thioether (sulfide) groups is 1. The summed E-state index contributed by atoms with van der Waals surface area (Å²) < 4.78 is 5.99. The van der Waals surface area contributed by atoms with Gasteiger partial charge < -0.3 is 10.1 Å². The molecule has 0 unspecified atom stereocenters. The molecular weight excluding hydrogens is 308 g/mol. The summed E-state index contributed by atoms with van der Waals surface area (Å²) in [5, 5.41) is 4.10.